The number of furan rings is 1. The Kier molecular flexibility index (Phi) is 7.62. The van der Waals surface area contributed by atoms with E-state index >= 15 is 0 Å². The molecule has 212 valence electrons. The molecule has 38 heavy (non-hydrogen) atoms. The molecule has 1 saturated heterocycles. The van der Waals surface area contributed by atoms with E-state index in [-0.39, 0.29) is 65.1 Å². The molecule has 2 bridgehead atoms. The number of methoxy groups -OCH3 is 1. The molecule has 0 radical (unpaired) electrons. The fourth-order valence-electron chi connectivity index (χ4n) is 8.89. The molecule has 4 aliphatic rings. The van der Waals surface area contributed by atoms with Crippen LogP contribution in [-0.2, 0) is 19.1 Å². The van der Waals surface area contributed by atoms with Crippen molar-refractivity contribution in [3.8, 4) is 0 Å². The number of carbonyl (C=O) groups is 3. The van der Waals surface area contributed by atoms with E-state index in [9.17, 15) is 19.5 Å². The monoisotopic (exact) mass is 534 g/mol. The highest BCUT2D eigenvalue weighted by Gasteiger charge is 2.73. The molecule has 0 spiro atoms. The summed E-state index contributed by atoms with van der Waals surface area (Å²) in [5, 5.41) is 27.4. The van der Waals surface area contributed by atoms with Gasteiger partial charge in [-0.1, -0.05) is 27.7 Å². The Bertz CT molecular complexity index is 1050. The zero-order chi connectivity index (χ0) is 28.2. The van der Waals surface area contributed by atoms with Gasteiger partial charge >= 0.3 is 11.9 Å². The van der Waals surface area contributed by atoms with Crippen LogP contribution < -0.4 is 0 Å². The molecule has 0 amide bonds. The van der Waals surface area contributed by atoms with Crippen molar-refractivity contribution in [2.45, 2.75) is 84.7 Å². The van der Waals surface area contributed by atoms with Gasteiger partial charge in [0.25, 0.3) is 0 Å². The van der Waals surface area contributed by atoms with Crippen molar-refractivity contribution in [3.63, 3.8) is 0 Å². The predicted octanol–water partition coefficient (Wildman–Crippen LogP) is 3.35. The van der Waals surface area contributed by atoms with Crippen LogP contribution in [0.5, 0.6) is 0 Å². The summed E-state index contributed by atoms with van der Waals surface area (Å²) in [5.41, 5.74) is -1.80. The summed E-state index contributed by atoms with van der Waals surface area (Å²) in [6.07, 6.45) is 3.48. The van der Waals surface area contributed by atoms with Gasteiger partial charge in [-0.2, -0.15) is 0 Å². The molecular formula is C29H42O9. The number of Topliss-reactive ketones (excluding diaryl/α,β-unsaturated/α-hetero) is 1. The molecule has 5 rings (SSSR count). The van der Waals surface area contributed by atoms with E-state index in [4.69, 9.17) is 24.1 Å². The average Bonchev–Trinajstić information content (AvgIpc) is 3.39. The minimum Gasteiger partial charge on any atom is -0.472 e. The van der Waals surface area contributed by atoms with Crippen LogP contribution >= 0.6 is 0 Å². The second kappa shape index (κ2) is 10.1. The number of carbonyl (C=O) groups excluding carboxylic acids is 3. The molecule has 1 aromatic heterocycles. The quantitative estimate of drug-likeness (QED) is 0.301. The Hall–Kier alpha value is -2.23. The first kappa shape index (κ1) is 28.8. The summed E-state index contributed by atoms with van der Waals surface area (Å²) in [5.74, 6) is -0.937. The average molecular weight is 535 g/mol. The molecule has 3 saturated carbocycles. The highest BCUT2D eigenvalue weighted by atomic mass is 16.6. The molecule has 1 aromatic rings. The number of aliphatic hydroxyl groups is 3. The Balaban J connectivity index is 0.000000786. The number of fused-ring (bicyclic) bond motifs is 4. The Labute approximate surface area is 223 Å². The zero-order valence-electron chi connectivity index (χ0n) is 23.2. The molecular weight excluding hydrogens is 492 g/mol. The van der Waals surface area contributed by atoms with Crippen LogP contribution in [0, 0.1) is 46.3 Å². The fraction of sp³-hybridized carbons (Fsp3) is 0.759. The minimum atomic E-state index is -1.20. The molecule has 2 heterocycles. The maximum Gasteiger partial charge on any atom is 0.306 e. The van der Waals surface area contributed by atoms with Crippen molar-refractivity contribution in [1.29, 1.82) is 0 Å². The standard InChI is InChI=1S/C27H36O7.C2H6O2/c1-14-12-27(31)15(2)26(4,18(14)10-20(28)32-5)17-6-8-25(3,23(30)16-7-9-33-13-16)19-11-21(29)34-24(27)22(17)19;1-2(3)4/h7,9,13-15,17-19,22,24,31H,6,8,10-12H2,1-5H3;2-4H,1H3/t14?,15?,17?,18-,19?,22?,24?,25+,26+,27+;/m0./s1. The van der Waals surface area contributed by atoms with E-state index in [2.05, 4.69) is 13.8 Å². The van der Waals surface area contributed by atoms with Gasteiger partial charge in [-0.3, -0.25) is 14.4 Å². The second-order valence-electron chi connectivity index (χ2n) is 12.5. The van der Waals surface area contributed by atoms with Crippen LogP contribution in [0.4, 0.5) is 0 Å². The van der Waals surface area contributed by atoms with E-state index in [1.165, 1.54) is 26.6 Å². The van der Waals surface area contributed by atoms with E-state index < -0.39 is 23.4 Å². The molecule has 3 N–H and O–H groups in total. The van der Waals surface area contributed by atoms with Gasteiger partial charge in [-0.05, 0) is 67.3 Å². The summed E-state index contributed by atoms with van der Waals surface area (Å²) >= 11 is 0. The number of ketones is 1. The number of aliphatic hydroxyl groups excluding tert-OH is 1. The first-order valence-electron chi connectivity index (χ1n) is 13.6. The van der Waals surface area contributed by atoms with Crippen LogP contribution in [0.15, 0.2) is 23.0 Å². The predicted molar refractivity (Wildman–Crippen MR) is 135 cm³/mol. The van der Waals surface area contributed by atoms with Crippen LogP contribution in [0.25, 0.3) is 0 Å². The van der Waals surface area contributed by atoms with Crippen LogP contribution in [0.2, 0.25) is 0 Å². The van der Waals surface area contributed by atoms with Gasteiger partial charge in [-0.15, -0.1) is 0 Å². The van der Waals surface area contributed by atoms with Crippen molar-refractivity contribution < 1.29 is 43.6 Å². The van der Waals surface area contributed by atoms with E-state index in [1.54, 1.807) is 6.07 Å². The third-order valence-electron chi connectivity index (χ3n) is 10.7. The SMILES string of the molecule is CC(O)O.COC(=O)C[C@H]1C(C)C[C@]2(O)C3OC(=O)CC4C3C(CC[C@@]4(C)C(=O)c3ccoc3)[C@@]1(C)C2C. The van der Waals surface area contributed by atoms with Crippen molar-refractivity contribution >= 4 is 17.7 Å². The fourth-order valence-corrected chi connectivity index (χ4v) is 8.89. The summed E-state index contributed by atoms with van der Waals surface area (Å²) < 4.78 is 16.2. The molecule has 6 unspecified atom stereocenters. The van der Waals surface area contributed by atoms with Crippen LogP contribution in [0.1, 0.15) is 77.1 Å². The van der Waals surface area contributed by atoms with Crippen molar-refractivity contribution in [3.05, 3.63) is 24.2 Å². The van der Waals surface area contributed by atoms with Crippen molar-refractivity contribution in [2.24, 2.45) is 46.3 Å². The lowest BCUT2D eigenvalue weighted by atomic mass is 9.36. The van der Waals surface area contributed by atoms with Crippen molar-refractivity contribution in [1.82, 2.24) is 0 Å². The molecule has 9 heteroatoms. The topological polar surface area (TPSA) is 144 Å². The van der Waals surface area contributed by atoms with Gasteiger partial charge in [-0.25, -0.2) is 0 Å². The maximum atomic E-state index is 13.7. The van der Waals surface area contributed by atoms with Gasteiger partial charge in [0, 0.05) is 24.2 Å². The third kappa shape index (κ3) is 4.31. The summed E-state index contributed by atoms with van der Waals surface area (Å²) in [7, 11) is 1.42. The molecule has 1 aliphatic heterocycles. The Morgan fingerprint density at radius 2 is 1.87 bits per heavy atom. The normalized spacial score (nSPS) is 43.3. The second-order valence-corrected chi connectivity index (χ2v) is 12.5. The minimum absolute atomic E-state index is 0.0152. The lowest BCUT2D eigenvalue weighted by molar-refractivity contribution is -0.306. The number of rotatable bonds is 4. The lowest BCUT2D eigenvalue weighted by Crippen LogP contribution is -2.75. The lowest BCUT2D eigenvalue weighted by Gasteiger charge is -2.71. The number of hydrogen-bond acceptors (Lipinski definition) is 9. The maximum absolute atomic E-state index is 13.7. The zero-order valence-corrected chi connectivity index (χ0v) is 23.2. The first-order chi connectivity index (χ1) is 17.7. The van der Waals surface area contributed by atoms with Gasteiger partial charge in [0.15, 0.2) is 5.78 Å². The van der Waals surface area contributed by atoms with Gasteiger partial charge in [0.1, 0.15) is 24.3 Å². The Morgan fingerprint density at radius 3 is 2.45 bits per heavy atom. The highest BCUT2D eigenvalue weighted by Crippen LogP contribution is 2.70. The van der Waals surface area contributed by atoms with E-state index in [1.807, 2.05) is 13.8 Å². The molecule has 3 aliphatic carbocycles. The molecule has 0 aromatic carbocycles. The highest BCUT2D eigenvalue weighted by molar-refractivity contribution is 6.00. The van der Waals surface area contributed by atoms with Crippen molar-refractivity contribution in [2.75, 3.05) is 7.11 Å². The molecule has 10 atom stereocenters. The van der Waals surface area contributed by atoms with Gasteiger partial charge < -0.3 is 29.2 Å². The number of ether oxygens (including phenoxy) is 2. The number of hydrogen-bond donors (Lipinski definition) is 3. The van der Waals surface area contributed by atoms with Gasteiger partial charge in [0.2, 0.25) is 0 Å². The van der Waals surface area contributed by atoms with Crippen LogP contribution in [0.3, 0.4) is 0 Å². The summed E-state index contributed by atoms with van der Waals surface area (Å²) in [6.45, 7) is 9.59. The molecule has 9 nitrogen and oxygen atoms in total. The number of esters is 2. The molecule has 4 fully saturated rings. The van der Waals surface area contributed by atoms with E-state index in [0.29, 0.717) is 24.8 Å². The van der Waals surface area contributed by atoms with E-state index in [0.717, 1.165) is 6.42 Å². The smallest absolute Gasteiger partial charge is 0.306 e. The summed E-state index contributed by atoms with van der Waals surface area (Å²) in [6, 6.07) is 1.68. The summed E-state index contributed by atoms with van der Waals surface area (Å²) in [4.78, 5) is 39.0. The largest absolute Gasteiger partial charge is 0.472 e. The first-order valence-corrected chi connectivity index (χ1v) is 13.6. The van der Waals surface area contributed by atoms with Gasteiger partial charge in [0.05, 0.1) is 18.9 Å². The third-order valence-corrected chi connectivity index (χ3v) is 10.7. The van der Waals surface area contributed by atoms with Crippen LogP contribution in [-0.4, -0.2) is 58.1 Å². The Morgan fingerprint density at radius 1 is 1.21 bits per heavy atom.